The number of nitrogens with one attached hydrogen (secondary N) is 2. The molecule has 0 aliphatic carbocycles. The van der Waals surface area contributed by atoms with Gasteiger partial charge in [0.05, 0.1) is 19.3 Å². The second-order valence-electron chi connectivity index (χ2n) is 5.76. The van der Waals surface area contributed by atoms with Gasteiger partial charge in [-0.3, -0.25) is 0 Å². The van der Waals surface area contributed by atoms with Gasteiger partial charge in [-0.05, 0) is 32.6 Å². The third-order valence-electron chi connectivity index (χ3n) is 3.75. The smallest absolute Gasteiger partial charge is 0.191 e. The summed E-state index contributed by atoms with van der Waals surface area (Å²) in [5.41, 5.74) is 0. The van der Waals surface area contributed by atoms with Gasteiger partial charge in [-0.1, -0.05) is 6.92 Å². The van der Waals surface area contributed by atoms with E-state index in [-0.39, 0.29) is 24.0 Å². The fourth-order valence-electron chi connectivity index (χ4n) is 2.44. The van der Waals surface area contributed by atoms with Gasteiger partial charge in [-0.2, -0.15) is 0 Å². The van der Waals surface area contributed by atoms with E-state index in [4.69, 9.17) is 9.47 Å². The quantitative estimate of drug-likeness (QED) is 0.232. The van der Waals surface area contributed by atoms with E-state index < -0.39 is 0 Å². The molecule has 2 rings (SSSR count). The number of hydrogen-bond donors (Lipinski definition) is 2. The Morgan fingerprint density at radius 3 is 3.00 bits per heavy atom. The normalized spacial score (nSPS) is 17.4. The first-order chi connectivity index (χ1) is 11.8. The molecule has 0 bridgehead atoms. The van der Waals surface area contributed by atoms with Crippen molar-refractivity contribution >= 4 is 41.3 Å². The fraction of sp³-hybridized carbons (Fsp3) is 0.765. The van der Waals surface area contributed by atoms with E-state index >= 15 is 0 Å². The number of rotatable bonds is 10. The maximum absolute atomic E-state index is 5.67. The van der Waals surface area contributed by atoms with Crippen LogP contribution in [0.3, 0.4) is 0 Å². The van der Waals surface area contributed by atoms with Crippen molar-refractivity contribution in [2.24, 2.45) is 4.99 Å². The van der Waals surface area contributed by atoms with E-state index in [0.29, 0.717) is 12.6 Å². The first-order valence-electron chi connectivity index (χ1n) is 8.97. The van der Waals surface area contributed by atoms with Crippen LogP contribution in [0.15, 0.2) is 11.2 Å². The molecule has 1 fully saturated rings. The lowest BCUT2D eigenvalue weighted by molar-refractivity contribution is 0.0168. The Hall–Kier alpha value is -0.450. The van der Waals surface area contributed by atoms with E-state index in [9.17, 15) is 0 Å². The zero-order valence-corrected chi connectivity index (χ0v) is 18.4. The number of halogens is 1. The minimum atomic E-state index is 0. The van der Waals surface area contributed by atoms with Crippen molar-refractivity contribution in [1.29, 1.82) is 0 Å². The zero-order chi connectivity index (χ0) is 17.0. The van der Waals surface area contributed by atoms with Crippen LogP contribution in [0.2, 0.25) is 0 Å². The summed E-state index contributed by atoms with van der Waals surface area (Å²) in [5, 5.41) is 7.67. The van der Waals surface area contributed by atoms with Gasteiger partial charge in [0.2, 0.25) is 0 Å². The molecule has 1 atom stereocenters. The topological polar surface area (TPSA) is 67.8 Å². The predicted molar refractivity (Wildman–Crippen MR) is 114 cm³/mol. The van der Waals surface area contributed by atoms with Crippen LogP contribution in [-0.2, 0) is 22.4 Å². The van der Waals surface area contributed by atoms with Crippen LogP contribution in [0.1, 0.15) is 43.0 Å². The third-order valence-corrected chi connectivity index (χ3v) is 4.88. The Morgan fingerprint density at radius 2 is 2.32 bits per heavy atom. The summed E-state index contributed by atoms with van der Waals surface area (Å²) in [5.74, 6) is 0.838. The van der Waals surface area contributed by atoms with Crippen LogP contribution < -0.4 is 10.6 Å². The molecule has 2 N–H and O–H groups in total. The fourth-order valence-corrected chi connectivity index (χ4v) is 3.23. The van der Waals surface area contributed by atoms with Crippen LogP contribution in [-0.4, -0.2) is 50.0 Å². The van der Waals surface area contributed by atoms with E-state index in [1.165, 1.54) is 4.88 Å². The number of ether oxygens (including phenoxy) is 2. The minimum absolute atomic E-state index is 0. The summed E-state index contributed by atoms with van der Waals surface area (Å²) in [6, 6.07) is 0. The molecule has 25 heavy (non-hydrogen) atoms. The van der Waals surface area contributed by atoms with Crippen molar-refractivity contribution in [3.05, 3.63) is 16.1 Å². The highest BCUT2D eigenvalue weighted by molar-refractivity contribution is 14.0. The molecule has 144 valence electrons. The Balaban J connectivity index is 0.00000312. The zero-order valence-electron chi connectivity index (χ0n) is 15.3. The summed E-state index contributed by atoms with van der Waals surface area (Å²) in [4.78, 5) is 10.3. The molecule has 1 aliphatic heterocycles. The van der Waals surface area contributed by atoms with E-state index in [2.05, 4.69) is 34.5 Å². The Bertz CT molecular complexity index is 493. The van der Waals surface area contributed by atoms with Crippen LogP contribution in [0.5, 0.6) is 0 Å². The maximum atomic E-state index is 5.67. The number of thiazole rings is 1. The summed E-state index contributed by atoms with van der Waals surface area (Å²) in [7, 11) is 0. The van der Waals surface area contributed by atoms with Gasteiger partial charge in [0.25, 0.3) is 0 Å². The Labute approximate surface area is 172 Å². The first-order valence-corrected chi connectivity index (χ1v) is 9.78. The van der Waals surface area contributed by atoms with E-state index in [0.717, 1.165) is 69.6 Å². The van der Waals surface area contributed by atoms with Gasteiger partial charge < -0.3 is 20.1 Å². The van der Waals surface area contributed by atoms with Crippen molar-refractivity contribution in [3.8, 4) is 0 Å². The van der Waals surface area contributed by atoms with Gasteiger partial charge in [-0.15, -0.1) is 35.3 Å². The molecule has 1 aliphatic rings. The maximum Gasteiger partial charge on any atom is 0.191 e. The molecule has 8 heteroatoms. The summed E-state index contributed by atoms with van der Waals surface area (Å²) >= 11 is 1.73. The second-order valence-corrected chi connectivity index (χ2v) is 6.96. The number of aryl methyl sites for hydroxylation is 1. The molecule has 6 nitrogen and oxygen atoms in total. The standard InChI is InChI=1S/C17H30N4O2S.HI/c1-3-15-11-20-16(24-15)12-21-17(18-4-2)19-8-6-9-22-13-14-7-5-10-23-14;/h11,14H,3-10,12-13H2,1-2H3,(H2,18,19,21);1H. The summed E-state index contributed by atoms with van der Waals surface area (Å²) in [6.07, 6.45) is 6.53. The molecule has 1 unspecified atom stereocenters. The molecule has 0 radical (unpaired) electrons. The number of aromatic nitrogens is 1. The number of nitrogens with zero attached hydrogens (tertiary/aromatic N) is 2. The van der Waals surface area contributed by atoms with Gasteiger partial charge in [0.1, 0.15) is 5.01 Å². The van der Waals surface area contributed by atoms with Gasteiger partial charge >= 0.3 is 0 Å². The van der Waals surface area contributed by atoms with Crippen molar-refractivity contribution in [2.75, 3.05) is 32.9 Å². The monoisotopic (exact) mass is 482 g/mol. The van der Waals surface area contributed by atoms with Crippen molar-refractivity contribution in [1.82, 2.24) is 15.6 Å². The Morgan fingerprint density at radius 1 is 1.44 bits per heavy atom. The van der Waals surface area contributed by atoms with Crippen LogP contribution in [0.25, 0.3) is 0 Å². The lowest BCUT2D eigenvalue weighted by atomic mass is 10.2. The number of guanidine groups is 1. The second kappa shape index (κ2) is 13.7. The van der Waals surface area contributed by atoms with Gasteiger partial charge in [-0.25, -0.2) is 9.98 Å². The molecule has 1 aromatic rings. The molecule has 0 spiro atoms. The van der Waals surface area contributed by atoms with Gasteiger partial charge in [0.15, 0.2) is 5.96 Å². The Kier molecular flexibility index (Phi) is 12.4. The molecular weight excluding hydrogens is 451 g/mol. The highest BCUT2D eigenvalue weighted by Gasteiger charge is 2.14. The van der Waals surface area contributed by atoms with Gasteiger partial charge in [0, 0.05) is 37.4 Å². The highest BCUT2D eigenvalue weighted by atomic mass is 127. The lowest BCUT2D eigenvalue weighted by Gasteiger charge is -2.12. The van der Waals surface area contributed by atoms with Crippen LogP contribution in [0.4, 0.5) is 0 Å². The number of aliphatic imine (C=N–C) groups is 1. The largest absolute Gasteiger partial charge is 0.379 e. The molecule has 1 saturated heterocycles. The third kappa shape index (κ3) is 9.16. The van der Waals surface area contributed by atoms with Crippen molar-refractivity contribution < 1.29 is 9.47 Å². The lowest BCUT2D eigenvalue weighted by Crippen LogP contribution is -2.38. The summed E-state index contributed by atoms with van der Waals surface area (Å²) in [6.45, 7) is 8.88. The highest BCUT2D eigenvalue weighted by Crippen LogP contribution is 2.14. The molecular formula is C17H31IN4O2S. The minimum Gasteiger partial charge on any atom is -0.379 e. The molecule has 0 aromatic carbocycles. The average molecular weight is 482 g/mol. The average Bonchev–Trinajstić information content (AvgIpc) is 3.27. The van der Waals surface area contributed by atoms with Crippen LogP contribution in [0, 0.1) is 0 Å². The predicted octanol–water partition coefficient (Wildman–Crippen LogP) is 2.96. The van der Waals surface area contributed by atoms with Crippen molar-refractivity contribution in [2.45, 2.75) is 52.2 Å². The van der Waals surface area contributed by atoms with Crippen LogP contribution >= 0.6 is 35.3 Å². The molecule has 0 saturated carbocycles. The number of hydrogen-bond acceptors (Lipinski definition) is 5. The molecule has 2 heterocycles. The first kappa shape index (κ1) is 22.6. The van der Waals surface area contributed by atoms with Crippen molar-refractivity contribution in [3.63, 3.8) is 0 Å². The molecule has 0 amide bonds. The van der Waals surface area contributed by atoms with E-state index in [1.54, 1.807) is 11.3 Å². The molecule has 1 aromatic heterocycles. The van der Waals surface area contributed by atoms with E-state index in [1.807, 2.05) is 6.20 Å². The summed E-state index contributed by atoms with van der Waals surface area (Å²) < 4.78 is 11.2. The SMILES string of the molecule is CCNC(=NCc1ncc(CC)s1)NCCCOCC1CCCO1.I.